The van der Waals surface area contributed by atoms with E-state index in [1.165, 1.54) is 17.7 Å². The third kappa shape index (κ3) is 3.15. The van der Waals surface area contributed by atoms with Gasteiger partial charge in [-0.3, -0.25) is 4.90 Å². The molecule has 2 aromatic rings. The van der Waals surface area contributed by atoms with Gasteiger partial charge in [-0.15, -0.1) is 0 Å². The highest BCUT2D eigenvalue weighted by Crippen LogP contribution is 2.25. The molecular weight excluding hydrogens is 234 g/mol. The maximum Gasteiger partial charge on any atom is 0.118 e. The van der Waals surface area contributed by atoms with Gasteiger partial charge in [0.15, 0.2) is 0 Å². The number of hydrogen-bond donors (Lipinski definition) is 0. The zero-order valence-corrected chi connectivity index (χ0v) is 11.3. The number of methoxy groups -OCH3 is 1. The first-order valence-corrected chi connectivity index (χ1v) is 6.76. The van der Waals surface area contributed by atoms with E-state index in [0.717, 1.165) is 18.7 Å². The fraction of sp³-hybridized carbons (Fsp3) is 0.294. The molecule has 1 saturated heterocycles. The molecule has 0 aliphatic carbocycles. The summed E-state index contributed by atoms with van der Waals surface area (Å²) in [5.41, 5.74) is 2.79. The highest BCUT2D eigenvalue weighted by atomic mass is 16.5. The van der Waals surface area contributed by atoms with E-state index in [1.807, 2.05) is 12.1 Å². The second-order valence-corrected chi connectivity index (χ2v) is 5.12. The Bertz CT molecular complexity index is 521. The summed E-state index contributed by atoms with van der Waals surface area (Å²) < 4.78 is 5.18. The SMILES string of the molecule is COc1ccc(C[C@H]2CN2Cc2ccccc2)cc1. The molecule has 1 unspecified atom stereocenters. The molecule has 98 valence electrons. The molecule has 1 aliphatic rings. The smallest absolute Gasteiger partial charge is 0.118 e. The van der Waals surface area contributed by atoms with Gasteiger partial charge >= 0.3 is 0 Å². The number of rotatable bonds is 5. The van der Waals surface area contributed by atoms with Gasteiger partial charge < -0.3 is 4.74 Å². The van der Waals surface area contributed by atoms with Crippen molar-refractivity contribution in [2.24, 2.45) is 0 Å². The highest BCUT2D eigenvalue weighted by molar-refractivity contribution is 5.28. The summed E-state index contributed by atoms with van der Waals surface area (Å²) in [5.74, 6) is 0.931. The number of hydrogen-bond acceptors (Lipinski definition) is 2. The molecule has 0 spiro atoms. The van der Waals surface area contributed by atoms with Crippen LogP contribution in [-0.4, -0.2) is 24.6 Å². The lowest BCUT2D eigenvalue weighted by atomic mass is 10.1. The van der Waals surface area contributed by atoms with Crippen molar-refractivity contribution in [1.29, 1.82) is 0 Å². The van der Waals surface area contributed by atoms with Crippen molar-refractivity contribution in [2.45, 2.75) is 19.0 Å². The van der Waals surface area contributed by atoms with Crippen LogP contribution in [0.2, 0.25) is 0 Å². The molecule has 0 aromatic heterocycles. The lowest BCUT2D eigenvalue weighted by molar-refractivity contribution is 0.414. The van der Waals surface area contributed by atoms with Crippen LogP contribution in [0.15, 0.2) is 54.6 Å². The van der Waals surface area contributed by atoms with Crippen LogP contribution in [0.3, 0.4) is 0 Å². The van der Waals surface area contributed by atoms with E-state index in [-0.39, 0.29) is 0 Å². The average Bonchev–Trinajstić information content (AvgIpc) is 3.18. The lowest BCUT2D eigenvalue weighted by Crippen LogP contribution is -2.04. The maximum atomic E-state index is 5.18. The summed E-state index contributed by atoms with van der Waals surface area (Å²) in [7, 11) is 1.71. The summed E-state index contributed by atoms with van der Waals surface area (Å²) in [6.45, 7) is 2.28. The molecule has 2 heteroatoms. The zero-order valence-electron chi connectivity index (χ0n) is 11.3. The molecule has 2 aromatic carbocycles. The summed E-state index contributed by atoms with van der Waals surface area (Å²) in [6.07, 6.45) is 1.14. The normalized spacial score (nSPS) is 21.1. The Hall–Kier alpha value is -1.80. The van der Waals surface area contributed by atoms with Gasteiger partial charge in [0.2, 0.25) is 0 Å². The summed E-state index contributed by atoms with van der Waals surface area (Å²) >= 11 is 0. The molecule has 2 nitrogen and oxygen atoms in total. The van der Waals surface area contributed by atoms with Gasteiger partial charge in [-0.25, -0.2) is 0 Å². The van der Waals surface area contributed by atoms with E-state index in [4.69, 9.17) is 4.74 Å². The van der Waals surface area contributed by atoms with Crippen molar-refractivity contribution in [3.05, 3.63) is 65.7 Å². The summed E-state index contributed by atoms with van der Waals surface area (Å²) in [4.78, 5) is 2.51. The molecule has 0 radical (unpaired) electrons. The Morgan fingerprint density at radius 2 is 1.74 bits per heavy atom. The van der Waals surface area contributed by atoms with Crippen molar-refractivity contribution in [3.8, 4) is 5.75 Å². The van der Waals surface area contributed by atoms with E-state index in [9.17, 15) is 0 Å². The third-order valence-electron chi connectivity index (χ3n) is 3.69. The van der Waals surface area contributed by atoms with Gasteiger partial charge in [-0.1, -0.05) is 42.5 Å². The van der Waals surface area contributed by atoms with Crippen molar-refractivity contribution < 1.29 is 4.74 Å². The molecule has 0 N–H and O–H groups in total. The largest absolute Gasteiger partial charge is 0.497 e. The van der Waals surface area contributed by atoms with Crippen LogP contribution in [-0.2, 0) is 13.0 Å². The van der Waals surface area contributed by atoms with Gasteiger partial charge in [-0.2, -0.15) is 0 Å². The Kier molecular flexibility index (Phi) is 3.51. The molecular formula is C17H19NO. The lowest BCUT2D eigenvalue weighted by Gasteiger charge is -2.05. The van der Waals surface area contributed by atoms with Crippen molar-refractivity contribution in [2.75, 3.05) is 13.7 Å². The first-order valence-electron chi connectivity index (χ1n) is 6.76. The molecule has 3 rings (SSSR count). The summed E-state index contributed by atoms with van der Waals surface area (Å²) in [6, 6.07) is 19.8. The van der Waals surface area contributed by atoms with E-state index >= 15 is 0 Å². The van der Waals surface area contributed by atoms with Gasteiger partial charge in [0.25, 0.3) is 0 Å². The van der Waals surface area contributed by atoms with Crippen LogP contribution in [0, 0.1) is 0 Å². The van der Waals surface area contributed by atoms with Crippen LogP contribution < -0.4 is 4.74 Å². The second kappa shape index (κ2) is 5.45. The second-order valence-electron chi connectivity index (χ2n) is 5.12. The molecule has 2 atom stereocenters. The molecule has 1 fully saturated rings. The number of benzene rings is 2. The van der Waals surface area contributed by atoms with Gasteiger partial charge in [-0.05, 0) is 29.7 Å². The first kappa shape index (κ1) is 12.2. The number of nitrogens with zero attached hydrogens (tertiary/aromatic N) is 1. The minimum atomic E-state index is 0.702. The predicted molar refractivity (Wildman–Crippen MR) is 77.3 cm³/mol. The first-order chi connectivity index (χ1) is 9.35. The van der Waals surface area contributed by atoms with E-state index in [2.05, 4.69) is 47.4 Å². The Morgan fingerprint density at radius 1 is 1.00 bits per heavy atom. The maximum absolute atomic E-state index is 5.18. The molecule has 19 heavy (non-hydrogen) atoms. The van der Waals surface area contributed by atoms with E-state index in [1.54, 1.807) is 7.11 Å². The van der Waals surface area contributed by atoms with Crippen molar-refractivity contribution >= 4 is 0 Å². The predicted octanol–water partition coefficient (Wildman–Crippen LogP) is 3.12. The van der Waals surface area contributed by atoms with Crippen LogP contribution in [0.1, 0.15) is 11.1 Å². The fourth-order valence-corrected chi connectivity index (χ4v) is 2.46. The zero-order chi connectivity index (χ0) is 13.1. The van der Waals surface area contributed by atoms with Crippen LogP contribution in [0.25, 0.3) is 0 Å². The van der Waals surface area contributed by atoms with Gasteiger partial charge in [0.1, 0.15) is 5.75 Å². The highest BCUT2D eigenvalue weighted by Gasteiger charge is 2.33. The minimum absolute atomic E-state index is 0.702. The van der Waals surface area contributed by atoms with Crippen LogP contribution in [0.5, 0.6) is 5.75 Å². The molecule has 1 aliphatic heterocycles. The molecule has 0 bridgehead atoms. The summed E-state index contributed by atoms with van der Waals surface area (Å²) in [5, 5.41) is 0. The van der Waals surface area contributed by atoms with Crippen molar-refractivity contribution in [3.63, 3.8) is 0 Å². The Morgan fingerprint density at radius 3 is 2.42 bits per heavy atom. The minimum Gasteiger partial charge on any atom is -0.497 e. The van der Waals surface area contributed by atoms with Crippen LogP contribution >= 0.6 is 0 Å². The van der Waals surface area contributed by atoms with Crippen LogP contribution in [0.4, 0.5) is 0 Å². The Balaban J connectivity index is 1.52. The van der Waals surface area contributed by atoms with Crippen molar-refractivity contribution in [1.82, 2.24) is 4.90 Å². The van der Waals surface area contributed by atoms with Gasteiger partial charge in [0, 0.05) is 19.1 Å². The third-order valence-corrected chi connectivity index (χ3v) is 3.69. The molecule has 0 saturated carbocycles. The quantitative estimate of drug-likeness (QED) is 0.759. The van der Waals surface area contributed by atoms with Gasteiger partial charge in [0.05, 0.1) is 7.11 Å². The van der Waals surface area contributed by atoms with E-state index < -0.39 is 0 Å². The monoisotopic (exact) mass is 253 g/mol. The molecule has 1 heterocycles. The Labute approximate surface area is 114 Å². The number of ether oxygens (including phenoxy) is 1. The molecule has 0 amide bonds. The standard InChI is InChI=1S/C17H19NO/c1-19-17-9-7-14(8-10-17)11-16-13-18(16)12-15-5-3-2-4-6-15/h2-10,16H,11-13H2,1H3/t16-,18?/m0/s1. The fourth-order valence-electron chi connectivity index (χ4n) is 2.46. The topological polar surface area (TPSA) is 12.2 Å². The van der Waals surface area contributed by atoms with E-state index in [0.29, 0.717) is 6.04 Å². The average molecular weight is 253 g/mol.